The van der Waals surface area contributed by atoms with Crippen molar-refractivity contribution in [1.82, 2.24) is 15.4 Å². The first-order valence-electron chi connectivity index (χ1n) is 10.6. The molecule has 28 heavy (non-hydrogen) atoms. The summed E-state index contributed by atoms with van der Waals surface area (Å²) >= 11 is 1.73. The first kappa shape index (κ1) is 19.6. The van der Waals surface area contributed by atoms with Gasteiger partial charge in [0.05, 0.1) is 11.3 Å². The van der Waals surface area contributed by atoms with E-state index < -0.39 is 0 Å². The van der Waals surface area contributed by atoms with E-state index in [-0.39, 0.29) is 11.9 Å². The second-order valence-electron chi connectivity index (χ2n) is 8.47. The summed E-state index contributed by atoms with van der Waals surface area (Å²) in [6.45, 7) is 8.88. The van der Waals surface area contributed by atoms with Crippen LogP contribution in [0.4, 0.5) is 0 Å². The van der Waals surface area contributed by atoms with Crippen LogP contribution >= 0.6 is 11.3 Å². The number of nitrogens with zero attached hydrogens (tertiary/aromatic N) is 2. The Morgan fingerprint density at radius 3 is 2.86 bits per heavy atom. The molecular formula is C22H31N3O2S. The fourth-order valence-electron chi connectivity index (χ4n) is 4.69. The Hall–Kier alpha value is -1.66. The Labute approximate surface area is 171 Å². The molecule has 152 valence electrons. The maximum absolute atomic E-state index is 12.9. The lowest BCUT2D eigenvalue weighted by Crippen LogP contribution is -2.39. The predicted molar refractivity (Wildman–Crippen MR) is 112 cm³/mol. The zero-order valence-electron chi connectivity index (χ0n) is 17.2. The molecule has 0 bridgehead atoms. The molecule has 2 aliphatic rings. The Kier molecular flexibility index (Phi) is 5.88. The Morgan fingerprint density at radius 1 is 1.36 bits per heavy atom. The van der Waals surface area contributed by atoms with Crippen molar-refractivity contribution in [3.05, 3.63) is 38.4 Å². The Bertz CT molecular complexity index is 815. The van der Waals surface area contributed by atoms with Crippen LogP contribution in [0, 0.1) is 19.8 Å². The van der Waals surface area contributed by atoms with E-state index in [4.69, 9.17) is 4.52 Å². The van der Waals surface area contributed by atoms with E-state index in [1.54, 1.807) is 11.3 Å². The SMILES string of the molecule is Cc1noc(C)c1CN1CCc2c(C(=O)N[C@@H](C)C3CCCCC3)csc2C1. The molecule has 6 heteroatoms. The molecule has 1 saturated carbocycles. The number of nitrogens with one attached hydrogen (secondary N) is 1. The van der Waals surface area contributed by atoms with Gasteiger partial charge in [0.2, 0.25) is 0 Å². The molecule has 0 saturated heterocycles. The van der Waals surface area contributed by atoms with Gasteiger partial charge in [-0.05, 0) is 51.5 Å². The quantitative estimate of drug-likeness (QED) is 0.795. The van der Waals surface area contributed by atoms with Gasteiger partial charge in [0.15, 0.2) is 0 Å². The highest BCUT2D eigenvalue weighted by Crippen LogP contribution is 2.31. The Morgan fingerprint density at radius 2 is 2.14 bits per heavy atom. The fraction of sp³-hybridized carbons (Fsp3) is 0.636. The average Bonchev–Trinajstić information content (AvgIpc) is 3.26. The fourth-order valence-corrected chi connectivity index (χ4v) is 5.82. The van der Waals surface area contributed by atoms with Crippen molar-refractivity contribution in [1.29, 1.82) is 0 Å². The van der Waals surface area contributed by atoms with E-state index >= 15 is 0 Å². The van der Waals surface area contributed by atoms with Gasteiger partial charge in [-0.3, -0.25) is 9.69 Å². The predicted octanol–water partition coefficient (Wildman–Crippen LogP) is 4.61. The molecule has 1 aliphatic heterocycles. The van der Waals surface area contributed by atoms with E-state index in [1.807, 2.05) is 13.8 Å². The molecule has 1 amide bonds. The average molecular weight is 402 g/mol. The number of hydrogen-bond acceptors (Lipinski definition) is 5. The smallest absolute Gasteiger partial charge is 0.252 e. The van der Waals surface area contributed by atoms with Crippen LogP contribution in [0.3, 0.4) is 0 Å². The summed E-state index contributed by atoms with van der Waals surface area (Å²) in [5.74, 6) is 1.67. The van der Waals surface area contributed by atoms with Gasteiger partial charge in [0.25, 0.3) is 5.91 Å². The summed E-state index contributed by atoms with van der Waals surface area (Å²) in [5, 5.41) is 9.43. The van der Waals surface area contributed by atoms with Gasteiger partial charge in [-0.25, -0.2) is 0 Å². The minimum absolute atomic E-state index is 0.120. The van der Waals surface area contributed by atoms with Crippen molar-refractivity contribution >= 4 is 17.2 Å². The zero-order valence-corrected chi connectivity index (χ0v) is 18.0. The molecule has 0 spiro atoms. The molecule has 0 aromatic carbocycles. The third-order valence-electron chi connectivity index (χ3n) is 6.55. The van der Waals surface area contributed by atoms with Gasteiger partial charge >= 0.3 is 0 Å². The van der Waals surface area contributed by atoms with Gasteiger partial charge in [0, 0.05) is 41.5 Å². The number of rotatable bonds is 5. The first-order valence-corrected chi connectivity index (χ1v) is 11.4. The van der Waals surface area contributed by atoms with E-state index in [9.17, 15) is 4.79 Å². The van der Waals surface area contributed by atoms with Crippen LogP contribution in [0.2, 0.25) is 0 Å². The number of aromatic nitrogens is 1. The molecule has 5 nitrogen and oxygen atoms in total. The molecule has 2 aromatic heterocycles. The van der Waals surface area contributed by atoms with Crippen LogP contribution in [0.1, 0.15) is 76.8 Å². The molecule has 4 rings (SSSR count). The highest BCUT2D eigenvalue weighted by atomic mass is 32.1. The maximum Gasteiger partial charge on any atom is 0.252 e. The second kappa shape index (κ2) is 8.37. The van der Waals surface area contributed by atoms with Crippen LogP contribution in [-0.4, -0.2) is 28.6 Å². The van der Waals surface area contributed by atoms with Gasteiger partial charge in [-0.2, -0.15) is 0 Å². The number of fused-ring (bicyclic) bond motifs is 1. The van der Waals surface area contributed by atoms with Gasteiger partial charge < -0.3 is 9.84 Å². The topological polar surface area (TPSA) is 58.4 Å². The number of hydrogen-bond donors (Lipinski definition) is 1. The van der Waals surface area contributed by atoms with E-state index in [2.05, 4.69) is 27.7 Å². The molecule has 1 aliphatic carbocycles. The molecule has 1 N–H and O–H groups in total. The first-order chi connectivity index (χ1) is 13.5. The maximum atomic E-state index is 12.9. The molecular weight excluding hydrogens is 370 g/mol. The van der Waals surface area contributed by atoms with Crippen molar-refractivity contribution in [2.24, 2.45) is 5.92 Å². The van der Waals surface area contributed by atoms with E-state index in [0.717, 1.165) is 43.1 Å². The van der Waals surface area contributed by atoms with Crippen molar-refractivity contribution in [2.45, 2.75) is 78.4 Å². The minimum atomic E-state index is 0.120. The number of amides is 1. The normalized spacial score (nSPS) is 19.4. The van der Waals surface area contributed by atoms with Crippen LogP contribution in [0.25, 0.3) is 0 Å². The van der Waals surface area contributed by atoms with Crippen LogP contribution in [-0.2, 0) is 19.5 Å². The summed E-state index contributed by atoms with van der Waals surface area (Å²) in [7, 11) is 0. The molecule has 1 fully saturated rings. The highest BCUT2D eigenvalue weighted by molar-refractivity contribution is 7.10. The molecule has 0 radical (unpaired) electrons. The van der Waals surface area contributed by atoms with E-state index in [0.29, 0.717) is 5.92 Å². The Balaban J connectivity index is 1.40. The summed E-state index contributed by atoms with van der Waals surface area (Å²) in [4.78, 5) is 16.7. The third-order valence-corrected chi connectivity index (χ3v) is 7.56. The van der Waals surface area contributed by atoms with Gasteiger partial charge in [0.1, 0.15) is 5.76 Å². The highest BCUT2D eigenvalue weighted by Gasteiger charge is 2.27. The lowest BCUT2D eigenvalue weighted by molar-refractivity contribution is 0.0918. The zero-order chi connectivity index (χ0) is 19.7. The number of thiophene rings is 1. The largest absolute Gasteiger partial charge is 0.361 e. The van der Waals surface area contributed by atoms with Crippen LogP contribution < -0.4 is 5.32 Å². The van der Waals surface area contributed by atoms with Crippen LogP contribution in [0.15, 0.2) is 9.90 Å². The standard InChI is InChI=1S/C22H31N3O2S/c1-14(17-7-5-4-6-8-17)23-22(26)20-13-28-21-12-25(10-9-18(20)21)11-19-15(2)24-27-16(19)3/h13-14,17H,4-12H2,1-3H3,(H,23,26)/t14-/m0/s1. The lowest BCUT2D eigenvalue weighted by Gasteiger charge is -2.29. The number of carbonyl (C=O) groups is 1. The summed E-state index contributed by atoms with van der Waals surface area (Å²) in [6, 6.07) is 0.267. The van der Waals surface area contributed by atoms with Crippen molar-refractivity contribution in [3.8, 4) is 0 Å². The van der Waals surface area contributed by atoms with Crippen molar-refractivity contribution in [2.75, 3.05) is 6.54 Å². The van der Waals surface area contributed by atoms with Crippen molar-refractivity contribution < 1.29 is 9.32 Å². The summed E-state index contributed by atoms with van der Waals surface area (Å²) in [5.41, 5.74) is 4.33. The number of aryl methyl sites for hydroxylation is 2. The summed E-state index contributed by atoms with van der Waals surface area (Å²) < 4.78 is 5.30. The lowest BCUT2D eigenvalue weighted by atomic mass is 9.84. The molecule has 0 unspecified atom stereocenters. The number of carbonyl (C=O) groups excluding carboxylic acids is 1. The third kappa shape index (κ3) is 4.03. The molecule has 2 aromatic rings. The molecule has 1 atom stereocenters. The minimum Gasteiger partial charge on any atom is -0.361 e. The van der Waals surface area contributed by atoms with Crippen molar-refractivity contribution in [3.63, 3.8) is 0 Å². The molecule has 3 heterocycles. The van der Waals surface area contributed by atoms with Crippen LogP contribution in [0.5, 0.6) is 0 Å². The van der Waals surface area contributed by atoms with E-state index in [1.165, 1.54) is 48.1 Å². The van der Waals surface area contributed by atoms with Gasteiger partial charge in [-0.15, -0.1) is 11.3 Å². The summed E-state index contributed by atoms with van der Waals surface area (Å²) in [6.07, 6.45) is 7.39. The monoisotopic (exact) mass is 401 g/mol. The van der Waals surface area contributed by atoms with Gasteiger partial charge in [-0.1, -0.05) is 24.4 Å². The second-order valence-corrected chi connectivity index (χ2v) is 9.44.